The van der Waals surface area contributed by atoms with Gasteiger partial charge < -0.3 is 0 Å². The number of rotatable bonds is 0. The molecule has 0 aromatic carbocycles. The highest BCUT2D eigenvalue weighted by atomic mass is 14.5. The van der Waals surface area contributed by atoms with Crippen LogP contribution in [0.1, 0.15) is 26.7 Å². The van der Waals surface area contributed by atoms with Gasteiger partial charge in [0.2, 0.25) is 0 Å². The normalized spacial score (nSPS) is 60.8. The Morgan fingerprint density at radius 2 is 1.38 bits per heavy atom. The molecule has 2 aliphatic carbocycles. The van der Waals surface area contributed by atoms with Crippen molar-refractivity contribution in [2.24, 2.45) is 23.7 Å². The van der Waals surface area contributed by atoms with Crippen LogP contribution in [0.25, 0.3) is 0 Å². The first-order valence-corrected chi connectivity index (χ1v) is 3.79. The van der Waals surface area contributed by atoms with Crippen molar-refractivity contribution in [2.75, 3.05) is 0 Å². The van der Waals surface area contributed by atoms with E-state index in [4.69, 9.17) is 0 Å². The summed E-state index contributed by atoms with van der Waals surface area (Å²) in [6.45, 7) is 4.82. The summed E-state index contributed by atoms with van der Waals surface area (Å²) in [6.07, 6.45) is 3.07. The molecule has 0 bridgehead atoms. The topological polar surface area (TPSA) is 0 Å². The van der Waals surface area contributed by atoms with Crippen LogP contribution in [-0.4, -0.2) is 0 Å². The Hall–Kier alpha value is 0. The van der Waals surface area contributed by atoms with Crippen molar-refractivity contribution < 1.29 is 0 Å². The molecule has 0 nitrogen and oxygen atoms in total. The Morgan fingerprint density at radius 3 is 1.50 bits per heavy atom. The molecule has 4 atom stereocenters. The van der Waals surface area contributed by atoms with Gasteiger partial charge in [-0.3, -0.25) is 0 Å². The lowest BCUT2D eigenvalue weighted by Gasteiger charge is -2.04. The largest absolute Gasteiger partial charge is 0.0622 e. The summed E-state index contributed by atoms with van der Waals surface area (Å²) in [7, 11) is 0. The molecule has 46 valence electrons. The van der Waals surface area contributed by atoms with E-state index in [9.17, 15) is 0 Å². The first-order valence-electron chi connectivity index (χ1n) is 3.79. The summed E-state index contributed by atoms with van der Waals surface area (Å²) in [5.74, 6) is 4.44. The van der Waals surface area contributed by atoms with E-state index in [1.165, 1.54) is 6.42 Å². The van der Waals surface area contributed by atoms with E-state index >= 15 is 0 Å². The Balaban J connectivity index is 2.09. The third kappa shape index (κ3) is 0.463. The predicted molar refractivity (Wildman–Crippen MR) is 34.5 cm³/mol. The minimum absolute atomic E-state index is 1.06. The average Bonchev–Trinajstić information content (AvgIpc) is 2.35. The van der Waals surface area contributed by atoms with Gasteiger partial charge in [-0.1, -0.05) is 13.8 Å². The molecule has 0 radical (unpaired) electrons. The lowest BCUT2D eigenvalue weighted by molar-refractivity contribution is 0.463. The number of hydrogen-bond donors (Lipinski definition) is 0. The Labute approximate surface area is 51.3 Å². The smallest absolute Gasteiger partial charge is 0.0354 e. The summed E-state index contributed by atoms with van der Waals surface area (Å²) >= 11 is 0. The zero-order valence-electron chi connectivity index (χ0n) is 5.72. The van der Waals surface area contributed by atoms with Crippen LogP contribution >= 0.6 is 0 Å². The molecule has 0 aromatic heterocycles. The van der Waals surface area contributed by atoms with Crippen molar-refractivity contribution in [3.05, 3.63) is 0 Å². The summed E-state index contributed by atoms with van der Waals surface area (Å²) in [5.41, 5.74) is 0. The van der Waals surface area contributed by atoms with Gasteiger partial charge in [-0.05, 0) is 36.5 Å². The second-order valence-electron chi connectivity index (χ2n) is 3.75. The quantitative estimate of drug-likeness (QED) is 0.449. The minimum atomic E-state index is 1.06. The first-order chi connectivity index (χ1) is 3.79. The fraction of sp³-hybridized carbons (Fsp3) is 1.00. The molecule has 0 heterocycles. The van der Waals surface area contributed by atoms with Crippen LogP contribution < -0.4 is 0 Å². The van der Waals surface area contributed by atoms with Gasteiger partial charge in [0.25, 0.3) is 0 Å². The Kier molecular flexibility index (Phi) is 0.778. The summed E-state index contributed by atoms with van der Waals surface area (Å²) < 4.78 is 0. The van der Waals surface area contributed by atoms with Gasteiger partial charge in [0.15, 0.2) is 0 Å². The van der Waals surface area contributed by atoms with E-state index in [0.717, 1.165) is 23.7 Å². The van der Waals surface area contributed by atoms with Crippen LogP contribution in [0.3, 0.4) is 0 Å². The standard InChI is InChI=1S/C8H14/c1-5-3-6(2)8-4-7(5)8/h5-8H,3-4H2,1-2H3/t5-,6+,7-,8+. The summed E-state index contributed by atoms with van der Waals surface area (Å²) in [5, 5.41) is 0. The van der Waals surface area contributed by atoms with Gasteiger partial charge in [-0.2, -0.15) is 0 Å². The van der Waals surface area contributed by atoms with Crippen molar-refractivity contribution in [3.63, 3.8) is 0 Å². The maximum Gasteiger partial charge on any atom is -0.0354 e. The molecule has 0 amide bonds. The van der Waals surface area contributed by atoms with Crippen LogP contribution in [0.5, 0.6) is 0 Å². The van der Waals surface area contributed by atoms with Gasteiger partial charge in [-0.15, -0.1) is 0 Å². The van der Waals surface area contributed by atoms with Crippen LogP contribution in [0.2, 0.25) is 0 Å². The van der Waals surface area contributed by atoms with Gasteiger partial charge in [-0.25, -0.2) is 0 Å². The average molecular weight is 110 g/mol. The van der Waals surface area contributed by atoms with Gasteiger partial charge in [0.05, 0.1) is 0 Å². The number of hydrogen-bond acceptors (Lipinski definition) is 0. The maximum atomic E-state index is 2.41. The highest BCUT2D eigenvalue weighted by Gasteiger charge is 2.50. The molecule has 0 heteroatoms. The summed E-state index contributed by atoms with van der Waals surface area (Å²) in [6, 6.07) is 0. The minimum Gasteiger partial charge on any atom is -0.0622 e. The van der Waals surface area contributed by atoms with Crippen LogP contribution in [-0.2, 0) is 0 Å². The van der Waals surface area contributed by atoms with Crippen molar-refractivity contribution in [1.82, 2.24) is 0 Å². The second kappa shape index (κ2) is 1.29. The molecule has 8 heavy (non-hydrogen) atoms. The van der Waals surface area contributed by atoms with E-state index < -0.39 is 0 Å². The highest BCUT2D eigenvalue weighted by molar-refractivity contribution is 4.99. The molecule has 0 unspecified atom stereocenters. The lowest BCUT2D eigenvalue weighted by Crippen LogP contribution is -1.94. The van der Waals surface area contributed by atoms with Crippen molar-refractivity contribution in [2.45, 2.75) is 26.7 Å². The van der Waals surface area contributed by atoms with Crippen molar-refractivity contribution in [1.29, 1.82) is 0 Å². The molecule has 2 fully saturated rings. The molecule has 0 aliphatic heterocycles. The van der Waals surface area contributed by atoms with E-state index in [0.29, 0.717) is 0 Å². The fourth-order valence-electron chi connectivity index (χ4n) is 2.48. The first kappa shape index (κ1) is 4.84. The fourth-order valence-corrected chi connectivity index (χ4v) is 2.48. The molecule has 2 rings (SSSR count). The van der Waals surface area contributed by atoms with Crippen LogP contribution in [0.4, 0.5) is 0 Å². The molecule has 2 saturated carbocycles. The van der Waals surface area contributed by atoms with E-state index in [-0.39, 0.29) is 0 Å². The maximum absolute atomic E-state index is 2.41. The zero-order valence-corrected chi connectivity index (χ0v) is 5.72. The zero-order chi connectivity index (χ0) is 5.72. The SMILES string of the molecule is C[C@@H]1C[C@H](C)[C@@H]2C[C@@H]21. The van der Waals surface area contributed by atoms with E-state index in [1.807, 2.05) is 0 Å². The molecular weight excluding hydrogens is 96.1 g/mol. The monoisotopic (exact) mass is 110 g/mol. The Morgan fingerprint density at radius 1 is 0.875 bits per heavy atom. The molecule has 0 spiro atoms. The third-order valence-corrected chi connectivity index (χ3v) is 3.10. The highest BCUT2D eigenvalue weighted by Crippen LogP contribution is 2.58. The van der Waals surface area contributed by atoms with E-state index in [1.54, 1.807) is 6.42 Å². The van der Waals surface area contributed by atoms with Crippen molar-refractivity contribution in [3.8, 4) is 0 Å². The van der Waals surface area contributed by atoms with Gasteiger partial charge in [0, 0.05) is 0 Å². The van der Waals surface area contributed by atoms with Gasteiger partial charge in [0.1, 0.15) is 0 Å². The van der Waals surface area contributed by atoms with E-state index in [2.05, 4.69) is 13.8 Å². The van der Waals surface area contributed by atoms with Crippen LogP contribution in [0.15, 0.2) is 0 Å². The molecule has 0 saturated heterocycles. The molecule has 2 aliphatic rings. The van der Waals surface area contributed by atoms with Gasteiger partial charge >= 0.3 is 0 Å². The summed E-state index contributed by atoms with van der Waals surface area (Å²) in [4.78, 5) is 0. The lowest BCUT2D eigenvalue weighted by atomic mass is 10.0. The third-order valence-electron chi connectivity index (χ3n) is 3.10. The Bertz CT molecular complexity index is 90.6. The van der Waals surface area contributed by atoms with Crippen LogP contribution in [0, 0.1) is 23.7 Å². The van der Waals surface area contributed by atoms with Crippen molar-refractivity contribution >= 4 is 0 Å². The predicted octanol–water partition coefficient (Wildman–Crippen LogP) is 2.30. The molecule has 0 N–H and O–H groups in total. The number of fused-ring (bicyclic) bond motifs is 1. The molecular formula is C8H14. The molecule has 0 aromatic rings. The second-order valence-corrected chi connectivity index (χ2v) is 3.75.